The van der Waals surface area contributed by atoms with Gasteiger partial charge in [-0.05, 0) is 87.8 Å². The van der Waals surface area contributed by atoms with E-state index >= 15 is 0 Å². The van der Waals surface area contributed by atoms with Crippen LogP contribution in [0.2, 0.25) is 0 Å². The Balaban J connectivity index is 1.02. The Kier molecular flexibility index (Phi) is 7.39. The average Bonchev–Trinajstić information content (AvgIpc) is 3.83. The molecule has 9 aromatic carbocycles. The van der Waals surface area contributed by atoms with Crippen molar-refractivity contribution in [2.45, 2.75) is 0 Å². The van der Waals surface area contributed by atoms with Crippen LogP contribution in [0.25, 0.3) is 86.3 Å². The molecular formula is C52H33NOS. The van der Waals surface area contributed by atoms with Crippen molar-refractivity contribution in [2.24, 2.45) is 0 Å². The van der Waals surface area contributed by atoms with Gasteiger partial charge in [-0.1, -0.05) is 146 Å². The van der Waals surface area contributed by atoms with E-state index in [1.165, 1.54) is 47.8 Å². The summed E-state index contributed by atoms with van der Waals surface area (Å²) in [4.78, 5) is 2.38. The monoisotopic (exact) mass is 719 g/mol. The SMILES string of the molecule is c1ccc(-c2ccccc2N(c2ccc(-c3ccc4c(c3)sc3ccccc34)cc2)c2ccc(-c3cccc4oc5c6ccccc6ccc5c34)cc2)cc1. The van der Waals surface area contributed by atoms with Crippen molar-refractivity contribution < 1.29 is 4.42 Å². The number of benzene rings is 9. The highest BCUT2D eigenvalue weighted by molar-refractivity contribution is 7.25. The van der Waals surface area contributed by atoms with Gasteiger partial charge in [0.2, 0.25) is 0 Å². The molecule has 0 radical (unpaired) electrons. The first-order chi connectivity index (χ1) is 27.3. The first kappa shape index (κ1) is 31.6. The predicted molar refractivity (Wildman–Crippen MR) is 235 cm³/mol. The molecule has 2 heterocycles. The summed E-state index contributed by atoms with van der Waals surface area (Å²) in [6.07, 6.45) is 0. The molecule has 0 saturated heterocycles. The highest BCUT2D eigenvalue weighted by Crippen LogP contribution is 2.44. The zero-order valence-corrected chi connectivity index (χ0v) is 30.6. The number of furan rings is 1. The van der Waals surface area contributed by atoms with E-state index in [-0.39, 0.29) is 0 Å². The third kappa shape index (κ3) is 5.32. The maximum atomic E-state index is 6.53. The summed E-state index contributed by atoms with van der Waals surface area (Å²) in [6, 6.07) is 72.1. The van der Waals surface area contributed by atoms with Crippen LogP contribution in [0.1, 0.15) is 0 Å². The van der Waals surface area contributed by atoms with Gasteiger partial charge in [0.1, 0.15) is 11.2 Å². The van der Waals surface area contributed by atoms with E-state index in [1.54, 1.807) is 0 Å². The molecule has 2 nitrogen and oxygen atoms in total. The Labute approximate surface area is 322 Å². The molecule has 0 aliphatic carbocycles. The van der Waals surface area contributed by atoms with Crippen LogP contribution < -0.4 is 4.90 Å². The second kappa shape index (κ2) is 12.9. The second-order valence-electron chi connectivity index (χ2n) is 14.1. The van der Waals surface area contributed by atoms with Gasteiger partial charge in [-0.2, -0.15) is 0 Å². The minimum absolute atomic E-state index is 0.901. The topological polar surface area (TPSA) is 16.4 Å². The lowest BCUT2D eigenvalue weighted by molar-refractivity contribution is 0.673. The maximum absolute atomic E-state index is 6.53. The lowest BCUT2D eigenvalue weighted by atomic mass is 9.97. The summed E-state index contributed by atoms with van der Waals surface area (Å²) in [5, 5.41) is 7.24. The minimum Gasteiger partial charge on any atom is -0.455 e. The Morgan fingerprint density at radius 1 is 0.382 bits per heavy atom. The van der Waals surface area contributed by atoms with Crippen molar-refractivity contribution >= 4 is 81.3 Å². The lowest BCUT2D eigenvalue weighted by Gasteiger charge is -2.28. The van der Waals surface area contributed by atoms with E-state index in [0.717, 1.165) is 55.5 Å². The highest BCUT2D eigenvalue weighted by atomic mass is 32.1. The van der Waals surface area contributed by atoms with Gasteiger partial charge in [0.15, 0.2) is 0 Å². The summed E-state index contributed by atoms with van der Waals surface area (Å²) in [6.45, 7) is 0. The Hall–Kier alpha value is -6.94. The number of thiophene rings is 1. The van der Waals surface area contributed by atoms with Crippen molar-refractivity contribution in [3.63, 3.8) is 0 Å². The number of anilines is 3. The molecule has 0 fully saturated rings. The van der Waals surface area contributed by atoms with Crippen molar-refractivity contribution in [3.8, 4) is 33.4 Å². The molecule has 0 aliphatic rings. The molecule has 0 spiro atoms. The van der Waals surface area contributed by atoms with Crippen LogP contribution >= 0.6 is 11.3 Å². The molecule has 0 atom stereocenters. The highest BCUT2D eigenvalue weighted by Gasteiger charge is 2.19. The molecule has 0 saturated carbocycles. The molecule has 55 heavy (non-hydrogen) atoms. The molecular weight excluding hydrogens is 687 g/mol. The van der Waals surface area contributed by atoms with Crippen LogP contribution in [-0.4, -0.2) is 0 Å². The largest absolute Gasteiger partial charge is 0.455 e. The standard InChI is InChI=1S/C52H33NOS/c1-2-11-35(12-3-1)41-14-6-8-18-47(41)53(39-27-21-34(22-28-39)38-26-31-45-44-16-7-9-20-49(44)55-50(45)33-38)40-29-23-37(24-30-40)42-17-10-19-48-51(42)46-32-25-36-13-4-5-15-43(36)52(46)54-48/h1-33H. The molecule has 0 amide bonds. The fourth-order valence-corrected chi connectivity index (χ4v) is 9.40. The zero-order valence-electron chi connectivity index (χ0n) is 29.8. The summed E-state index contributed by atoms with van der Waals surface area (Å²) < 4.78 is 9.17. The average molecular weight is 720 g/mol. The van der Waals surface area contributed by atoms with Gasteiger partial charge in [0, 0.05) is 53.3 Å². The number of para-hydroxylation sites is 1. The van der Waals surface area contributed by atoms with Crippen LogP contribution in [0.3, 0.4) is 0 Å². The fourth-order valence-electron chi connectivity index (χ4n) is 8.25. The van der Waals surface area contributed by atoms with E-state index in [1.807, 2.05) is 11.3 Å². The van der Waals surface area contributed by atoms with Gasteiger partial charge in [-0.25, -0.2) is 0 Å². The molecule has 11 aromatic rings. The summed E-state index contributed by atoms with van der Waals surface area (Å²) in [7, 11) is 0. The van der Waals surface area contributed by atoms with Crippen LogP contribution in [0.15, 0.2) is 205 Å². The maximum Gasteiger partial charge on any atom is 0.143 e. The molecule has 2 aromatic heterocycles. The van der Waals surface area contributed by atoms with Gasteiger partial charge in [-0.15, -0.1) is 11.3 Å². The Morgan fingerprint density at radius 2 is 1.00 bits per heavy atom. The second-order valence-corrected chi connectivity index (χ2v) is 15.1. The summed E-state index contributed by atoms with van der Waals surface area (Å²) in [5.41, 5.74) is 12.2. The third-order valence-corrected chi connectivity index (χ3v) is 12.0. The van der Waals surface area contributed by atoms with Crippen molar-refractivity contribution in [2.75, 3.05) is 4.90 Å². The van der Waals surface area contributed by atoms with Gasteiger partial charge in [-0.3, -0.25) is 0 Å². The van der Waals surface area contributed by atoms with E-state index in [9.17, 15) is 0 Å². The molecule has 3 heteroatoms. The zero-order chi connectivity index (χ0) is 36.3. The third-order valence-electron chi connectivity index (χ3n) is 10.9. The van der Waals surface area contributed by atoms with E-state index < -0.39 is 0 Å². The van der Waals surface area contributed by atoms with E-state index in [4.69, 9.17) is 4.42 Å². The number of hydrogen-bond donors (Lipinski definition) is 0. The van der Waals surface area contributed by atoms with Crippen molar-refractivity contribution in [1.82, 2.24) is 0 Å². The predicted octanol–water partition coefficient (Wildman–Crippen LogP) is 15.6. The van der Waals surface area contributed by atoms with Crippen molar-refractivity contribution in [3.05, 3.63) is 200 Å². The Bertz CT molecular complexity index is 3190. The summed E-state index contributed by atoms with van der Waals surface area (Å²) in [5.74, 6) is 0. The first-order valence-corrected chi connectivity index (χ1v) is 19.5. The van der Waals surface area contributed by atoms with E-state index in [2.05, 4.69) is 205 Å². The molecule has 0 unspecified atom stereocenters. The van der Waals surface area contributed by atoms with Gasteiger partial charge in [0.25, 0.3) is 0 Å². The first-order valence-electron chi connectivity index (χ1n) is 18.7. The van der Waals surface area contributed by atoms with Gasteiger partial charge in [0.05, 0.1) is 5.69 Å². The minimum atomic E-state index is 0.901. The number of rotatable bonds is 6. The Morgan fingerprint density at radius 3 is 1.84 bits per heavy atom. The quantitative estimate of drug-likeness (QED) is 0.170. The van der Waals surface area contributed by atoms with Gasteiger partial charge >= 0.3 is 0 Å². The normalized spacial score (nSPS) is 11.6. The van der Waals surface area contributed by atoms with E-state index in [0.29, 0.717) is 0 Å². The molecule has 0 bridgehead atoms. The van der Waals surface area contributed by atoms with Crippen LogP contribution in [-0.2, 0) is 0 Å². The number of fused-ring (bicyclic) bond motifs is 8. The molecule has 258 valence electrons. The van der Waals surface area contributed by atoms with Crippen LogP contribution in [0.4, 0.5) is 17.1 Å². The van der Waals surface area contributed by atoms with Crippen LogP contribution in [0.5, 0.6) is 0 Å². The van der Waals surface area contributed by atoms with Crippen molar-refractivity contribution in [1.29, 1.82) is 0 Å². The fraction of sp³-hybridized carbons (Fsp3) is 0. The molecule has 0 aliphatic heterocycles. The van der Waals surface area contributed by atoms with Crippen LogP contribution in [0, 0.1) is 0 Å². The molecule has 11 rings (SSSR count). The van der Waals surface area contributed by atoms with Gasteiger partial charge < -0.3 is 9.32 Å². The lowest BCUT2D eigenvalue weighted by Crippen LogP contribution is -2.11. The molecule has 0 N–H and O–H groups in total. The smallest absolute Gasteiger partial charge is 0.143 e. The number of hydrogen-bond acceptors (Lipinski definition) is 3. The summed E-state index contributed by atoms with van der Waals surface area (Å²) >= 11 is 1.86. The number of nitrogens with zero attached hydrogens (tertiary/aromatic N) is 1.